The van der Waals surface area contributed by atoms with Gasteiger partial charge in [0.15, 0.2) is 5.16 Å². The van der Waals surface area contributed by atoms with Crippen LogP contribution in [0.3, 0.4) is 0 Å². The third-order valence-electron chi connectivity index (χ3n) is 2.64. The minimum atomic E-state index is -4.60. The van der Waals surface area contributed by atoms with Crippen molar-refractivity contribution < 1.29 is 27.9 Å². The number of aromatic nitrogens is 2. The van der Waals surface area contributed by atoms with E-state index in [2.05, 4.69) is 15.3 Å². The molecule has 0 aliphatic rings. The van der Waals surface area contributed by atoms with Gasteiger partial charge in [0.1, 0.15) is 5.69 Å². The Balaban J connectivity index is 2.21. The maximum Gasteiger partial charge on any atom is 0.433 e. The summed E-state index contributed by atoms with van der Waals surface area (Å²) >= 11 is 0.821. The second-order valence-electron chi connectivity index (χ2n) is 4.46. The first kappa shape index (κ1) is 18.5. The van der Waals surface area contributed by atoms with Crippen molar-refractivity contribution in [3.05, 3.63) is 54.4 Å². The molecular weight excluding hydrogens is 359 g/mol. The van der Waals surface area contributed by atoms with Gasteiger partial charge < -0.3 is 15.2 Å². The van der Waals surface area contributed by atoms with E-state index in [4.69, 9.17) is 0 Å². The number of carboxylic acids is 1. The standard InChI is InChI=1S/C15H10F3N3O3S/c16-15(17,18)11-7-8-19-14(21-11)25-10-4-2-1-3-9(10)20-12(22)5-6-13(23)24/h1-8H,(H,20,22)(H,23,24)/p-1. The Morgan fingerprint density at radius 1 is 1.16 bits per heavy atom. The van der Waals surface area contributed by atoms with Crippen molar-refractivity contribution in [1.29, 1.82) is 0 Å². The van der Waals surface area contributed by atoms with E-state index in [9.17, 15) is 27.9 Å². The van der Waals surface area contributed by atoms with E-state index in [1.165, 1.54) is 6.07 Å². The number of anilines is 1. The fraction of sp³-hybridized carbons (Fsp3) is 0.0667. The molecule has 130 valence electrons. The van der Waals surface area contributed by atoms with E-state index in [0.29, 0.717) is 11.0 Å². The van der Waals surface area contributed by atoms with Gasteiger partial charge in [-0.3, -0.25) is 4.79 Å². The van der Waals surface area contributed by atoms with Crippen LogP contribution in [0.25, 0.3) is 0 Å². The molecule has 0 saturated carbocycles. The summed E-state index contributed by atoms with van der Waals surface area (Å²) in [6.45, 7) is 0. The summed E-state index contributed by atoms with van der Waals surface area (Å²) < 4.78 is 38.1. The van der Waals surface area contributed by atoms with Crippen molar-refractivity contribution >= 4 is 29.3 Å². The van der Waals surface area contributed by atoms with Crippen LogP contribution in [0.15, 0.2) is 58.7 Å². The number of hydrogen-bond acceptors (Lipinski definition) is 6. The van der Waals surface area contributed by atoms with Crippen molar-refractivity contribution in [2.75, 3.05) is 5.32 Å². The predicted octanol–water partition coefficient (Wildman–Crippen LogP) is 1.89. The van der Waals surface area contributed by atoms with Crippen LogP contribution >= 0.6 is 11.8 Å². The molecule has 0 saturated heterocycles. The largest absolute Gasteiger partial charge is 0.545 e. The third kappa shape index (κ3) is 5.60. The van der Waals surface area contributed by atoms with Gasteiger partial charge in [-0.05, 0) is 36.0 Å². The molecule has 0 aliphatic carbocycles. The highest BCUT2D eigenvalue weighted by atomic mass is 32.2. The van der Waals surface area contributed by atoms with Gasteiger partial charge >= 0.3 is 6.18 Å². The minimum absolute atomic E-state index is 0.151. The number of rotatable bonds is 5. The molecule has 0 atom stereocenters. The minimum Gasteiger partial charge on any atom is -0.545 e. The number of aliphatic carboxylic acids is 1. The Morgan fingerprint density at radius 2 is 1.88 bits per heavy atom. The zero-order chi connectivity index (χ0) is 18.4. The Hall–Kier alpha value is -2.88. The molecule has 6 nitrogen and oxygen atoms in total. The molecule has 0 unspecified atom stereocenters. The van der Waals surface area contributed by atoms with E-state index >= 15 is 0 Å². The molecule has 10 heteroatoms. The van der Waals surface area contributed by atoms with Crippen molar-refractivity contribution in [2.45, 2.75) is 16.2 Å². The Kier molecular flexibility index (Phi) is 5.75. The van der Waals surface area contributed by atoms with Crippen LogP contribution in [-0.2, 0) is 15.8 Å². The van der Waals surface area contributed by atoms with E-state index in [-0.39, 0.29) is 10.8 Å². The van der Waals surface area contributed by atoms with Gasteiger partial charge in [-0.2, -0.15) is 13.2 Å². The highest BCUT2D eigenvalue weighted by Gasteiger charge is 2.32. The average molecular weight is 368 g/mol. The number of nitrogens with zero attached hydrogens (tertiary/aromatic N) is 2. The number of para-hydroxylation sites is 1. The Labute approximate surface area is 143 Å². The number of alkyl halides is 3. The lowest BCUT2D eigenvalue weighted by Crippen LogP contribution is -2.20. The maximum atomic E-state index is 12.7. The highest BCUT2D eigenvalue weighted by molar-refractivity contribution is 7.99. The van der Waals surface area contributed by atoms with E-state index in [1.807, 2.05) is 0 Å². The van der Waals surface area contributed by atoms with E-state index in [1.54, 1.807) is 18.2 Å². The maximum absolute atomic E-state index is 12.7. The number of nitrogens with one attached hydrogen (secondary N) is 1. The summed E-state index contributed by atoms with van der Waals surface area (Å²) in [5.74, 6) is -2.27. The van der Waals surface area contributed by atoms with Gasteiger partial charge in [-0.1, -0.05) is 12.1 Å². The normalized spacial score (nSPS) is 11.5. The molecule has 25 heavy (non-hydrogen) atoms. The molecule has 0 radical (unpaired) electrons. The molecule has 1 aromatic carbocycles. The van der Waals surface area contributed by atoms with Crippen molar-refractivity contribution in [3.8, 4) is 0 Å². The van der Waals surface area contributed by atoms with Gasteiger partial charge in [0.25, 0.3) is 0 Å². The summed E-state index contributed by atoms with van der Waals surface area (Å²) in [4.78, 5) is 29.5. The van der Waals surface area contributed by atoms with Crippen molar-refractivity contribution in [2.24, 2.45) is 0 Å². The molecule has 1 N–H and O–H groups in total. The number of carbonyl (C=O) groups is 2. The molecule has 0 bridgehead atoms. The number of hydrogen-bond donors (Lipinski definition) is 1. The smallest absolute Gasteiger partial charge is 0.433 e. The number of benzene rings is 1. The molecule has 0 aliphatic heterocycles. The molecule has 2 aromatic rings. The molecule has 1 amide bonds. The van der Waals surface area contributed by atoms with Gasteiger partial charge in [0.05, 0.1) is 11.7 Å². The first-order valence-corrected chi connectivity index (χ1v) is 7.44. The molecule has 2 rings (SSSR count). The summed E-state index contributed by atoms with van der Waals surface area (Å²) in [6, 6.07) is 7.01. The number of amides is 1. The number of carboxylic acid groups (broad SMARTS) is 1. The van der Waals surface area contributed by atoms with Gasteiger partial charge in [-0.15, -0.1) is 0 Å². The lowest BCUT2D eigenvalue weighted by Gasteiger charge is -2.10. The van der Waals surface area contributed by atoms with Crippen LogP contribution in [0.4, 0.5) is 18.9 Å². The lowest BCUT2D eigenvalue weighted by molar-refractivity contribution is -0.297. The SMILES string of the molecule is O=C([O-])C=CC(=O)Nc1ccccc1Sc1nccc(C(F)(F)F)n1. The Bertz CT molecular complexity index is 825. The van der Waals surface area contributed by atoms with Gasteiger partial charge in [0, 0.05) is 17.2 Å². The first-order valence-electron chi connectivity index (χ1n) is 6.63. The fourth-order valence-corrected chi connectivity index (χ4v) is 2.45. The van der Waals surface area contributed by atoms with Crippen molar-refractivity contribution in [3.63, 3.8) is 0 Å². The summed E-state index contributed by atoms with van der Waals surface area (Å²) in [5.41, 5.74) is -0.815. The van der Waals surface area contributed by atoms with E-state index in [0.717, 1.165) is 30.1 Å². The quantitative estimate of drug-likeness (QED) is 0.640. The van der Waals surface area contributed by atoms with E-state index < -0.39 is 23.7 Å². The zero-order valence-corrected chi connectivity index (χ0v) is 13.1. The molecule has 1 aromatic heterocycles. The van der Waals surface area contributed by atoms with Crippen LogP contribution in [0.2, 0.25) is 0 Å². The number of halogens is 3. The Morgan fingerprint density at radius 3 is 2.56 bits per heavy atom. The lowest BCUT2D eigenvalue weighted by atomic mass is 10.3. The predicted molar refractivity (Wildman–Crippen MR) is 80.4 cm³/mol. The monoisotopic (exact) mass is 368 g/mol. The summed E-state index contributed by atoms with van der Waals surface area (Å²) in [7, 11) is 0. The summed E-state index contributed by atoms with van der Waals surface area (Å²) in [6.07, 6.45) is -2.29. The van der Waals surface area contributed by atoms with Crippen LogP contribution < -0.4 is 10.4 Å². The van der Waals surface area contributed by atoms with Crippen LogP contribution in [0.1, 0.15) is 5.69 Å². The molecule has 1 heterocycles. The first-order chi connectivity index (χ1) is 11.8. The van der Waals surface area contributed by atoms with Crippen LogP contribution in [0.5, 0.6) is 0 Å². The zero-order valence-electron chi connectivity index (χ0n) is 12.3. The van der Waals surface area contributed by atoms with Gasteiger partial charge in [-0.25, -0.2) is 9.97 Å². The number of carbonyl (C=O) groups excluding carboxylic acids is 2. The third-order valence-corrected chi connectivity index (χ3v) is 3.60. The second kappa shape index (κ2) is 7.79. The summed E-state index contributed by atoms with van der Waals surface area (Å²) in [5, 5.41) is 12.6. The molecular formula is C15H9F3N3O3S-. The molecule has 0 spiro atoms. The van der Waals surface area contributed by atoms with Crippen LogP contribution in [0, 0.1) is 0 Å². The highest BCUT2D eigenvalue weighted by Crippen LogP contribution is 2.33. The molecule has 0 fully saturated rings. The fourth-order valence-electron chi connectivity index (χ4n) is 1.62. The average Bonchev–Trinajstić information content (AvgIpc) is 2.54. The second-order valence-corrected chi connectivity index (χ2v) is 5.47. The topological polar surface area (TPSA) is 95.0 Å². The van der Waals surface area contributed by atoms with Gasteiger partial charge in [0.2, 0.25) is 5.91 Å². The van der Waals surface area contributed by atoms with Crippen molar-refractivity contribution in [1.82, 2.24) is 9.97 Å². The van der Waals surface area contributed by atoms with Crippen LogP contribution in [-0.4, -0.2) is 21.8 Å².